The van der Waals surface area contributed by atoms with Crippen molar-refractivity contribution in [2.75, 3.05) is 6.54 Å². The van der Waals surface area contributed by atoms with Crippen molar-refractivity contribution in [1.29, 1.82) is 0 Å². The van der Waals surface area contributed by atoms with Gasteiger partial charge in [0.15, 0.2) is 0 Å². The molecule has 0 heterocycles. The molecule has 0 amide bonds. The van der Waals surface area contributed by atoms with Crippen LogP contribution in [0.4, 0.5) is 5.69 Å². The molecule has 5 nitrogen and oxygen atoms in total. The quantitative estimate of drug-likeness (QED) is 0.645. The summed E-state index contributed by atoms with van der Waals surface area (Å²) in [6, 6.07) is 5.13. The van der Waals surface area contributed by atoms with Crippen molar-refractivity contribution in [2.24, 2.45) is 5.92 Å². The summed E-state index contributed by atoms with van der Waals surface area (Å²) in [4.78, 5) is 10.4. The van der Waals surface area contributed by atoms with Crippen molar-refractivity contribution in [2.45, 2.75) is 25.5 Å². The number of benzene rings is 1. The number of halogens is 1. The minimum Gasteiger partial charge on any atom is -0.393 e. The van der Waals surface area contributed by atoms with Gasteiger partial charge in [0, 0.05) is 12.6 Å². The van der Waals surface area contributed by atoms with Crippen molar-refractivity contribution >= 4 is 21.6 Å². The Hall–Kier alpha value is -0.980. The number of nitro benzene ring substituents is 1. The van der Waals surface area contributed by atoms with E-state index in [0.29, 0.717) is 16.9 Å². The molecule has 0 aliphatic heterocycles. The van der Waals surface area contributed by atoms with Crippen LogP contribution in [0.15, 0.2) is 22.7 Å². The Balaban J connectivity index is 1.85. The number of aliphatic hydroxyl groups excluding tert-OH is 1. The maximum atomic E-state index is 10.8. The van der Waals surface area contributed by atoms with E-state index in [2.05, 4.69) is 21.2 Å². The fraction of sp³-hybridized carbons (Fsp3) is 0.500. The molecule has 0 radical (unpaired) electrons. The lowest BCUT2D eigenvalue weighted by Crippen LogP contribution is -2.35. The van der Waals surface area contributed by atoms with E-state index in [0.717, 1.165) is 24.9 Å². The van der Waals surface area contributed by atoms with Gasteiger partial charge >= 0.3 is 0 Å². The second kappa shape index (κ2) is 5.77. The van der Waals surface area contributed by atoms with Crippen LogP contribution in [0.1, 0.15) is 18.4 Å². The van der Waals surface area contributed by atoms with Crippen molar-refractivity contribution < 1.29 is 10.0 Å². The molecule has 2 N–H and O–H groups in total. The van der Waals surface area contributed by atoms with Crippen LogP contribution in [-0.2, 0) is 6.54 Å². The van der Waals surface area contributed by atoms with E-state index in [-0.39, 0.29) is 11.8 Å². The second-order valence-corrected chi connectivity index (χ2v) is 5.52. The summed E-state index contributed by atoms with van der Waals surface area (Å²) in [5.41, 5.74) is 0.984. The molecular formula is C12H15BrN2O3. The van der Waals surface area contributed by atoms with Gasteiger partial charge in [0.05, 0.1) is 15.5 Å². The highest BCUT2D eigenvalue weighted by Gasteiger charge is 2.26. The van der Waals surface area contributed by atoms with Gasteiger partial charge < -0.3 is 10.4 Å². The molecule has 2 rings (SSSR count). The molecule has 0 atom stereocenters. The third-order valence-electron chi connectivity index (χ3n) is 3.18. The molecule has 1 aliphatic rings. The van der Waals surface area contributed by atoms with Gasteiger partial charge in [-0.25, -0.2) is 0 Å². The van der Waals surface area contributed by atoms with E-state index in [9.17, 15) is 10.1 Å². The van der Waals surface area contributed by atoms with Crippen molar-refractivity contribution in [3.63, 3.8) is 0 Å². The van der Waals surface area contributed by atoms with Gasteiger partial charge in [0.2, 0.25) is 0 Å². The number of nitro groups is 1. The zero-order chi connectivity index (χ0) is 13.1. The van der Waals surface area contributed by atoms with Crippen molar-refractivity contribution in [1.82, 2.24) is 5.32 Å². The highest BCUT2D eigenvalue weighted by Crippen LogP contribution is 2.27. The Kier molecular flexibility index (Phi) is 4.31. The smallest absolute Gasteiger partial charge is 0.283 e. The van der Waals surface area contributed by atoms with Crippen molar-refractivity contribution in [3.8, 4) is 0 Å². The number of rotatable bonds is 5. The van der Waals surface area contributed by atoms with E-state index >= 15 is 0 Å². The monoisotopic (exact) mass is 314 g/mol. The number of nitrogens with zero attached hydrogens (tertiary/aromatic N) is 1. The van der Waals surface area contributed by atoms with Gasteiger partial charge in [-0.3, -0.25) is 10.1 Å². The van der Waals surface area contributed by atoms with Crippen LogP contribution >= 0.6 is 15.9 Å². The Bertz CT molecular complexity index is 447. The van der Waals surface area contributed by atoms with Crippen LogP contribution in [0.2, 0.25) is 0 Å². The number of hydrogen-bond acceptors (Lipinski definition) is 4. The molecule has 0 aromatic heterocycles. The third-order valence-corrected chi connectivity index (χ3v) is 3.85. The Morgan fingerprint density at radius 3 is 2.83 bits per heavy atom. The van der Waals surface area contributed by atoms with Gasteiger partial charge in [-0.05, 0) is 52.9 Å². The number of hydrogen-bond donors (Lipinski definition) is 2. The molecular weight excluding hydrogens is 300 g/mol. The van der Waals surface area contributed by atoms with Crippen molar-refractivity contribution in [3.05, 3.63) is 38.3 Å². The molecule has 0 spiro atoms. The fourth-order valence-electron chi connectivity index (χ4n) is 2.10. The van der Waals surface area contributed by atoms with Crippen LogP contribution in [0.25, 0.3) is 0 Å². The molecule has 0 unspecified atom stereocenters. The molecule has 1 aromatic rings. The molecule has 0 bridgehead atoms. The Morgan fingerprint density at radius 2 is 2.22 bits per heavy atom. The molecule has 98 valence electrons. The average Bonchev–Trinajstić information content (AvgIpc) is 2.28. The highest BCUT2D eigenvalue weighted by molar-refractivity contribution is 9.10. The zero-order valence-electron chi connectivity index (χ0n) is 9.80. The first-order chi connectivity index (χ1) is 8.56. The zero-order valence-corrected chi connectivity index (χ0v) is 11.4. The molecule has 0 saturated heterocycles. The predicted octanol–water partition coefficient (Wildman–Crippen LogP) is 2.22. The summed E-state index contributed by atoms with van der Waals surface area (Å²) in [6.45, 7) is 1.46. The first-order valence-electron chi connectivity index (χ1n) is 5.88. The third kappa shape index (κ3) is 3.28. The largest absolute Gasteiger partial charge is 0.393 e. The van der Waals surface area contributed by atoms with Crippen LogP contribution < -0.4 is 5.32 Å². The normalized spacial score (nSPS) is 22.6. The fourth-order valence-corrected chi connectivity index (χ4v) is 2.49. The highest BCUT2D eigenvalue weighted by atomic mass is 79.9. The van der Waals surface area contributed by atoms with Gasteiger partial charge in [-0.1, -0.05) is 6.07 Å². The Labute approximate surface area is 113 Å². The van der Waals surface area contributed by atoms with Crippen LogP contribution in [-0.4, -0.2) is 22.7 Å². The number of nitrogens with one attached hydrogen (secondary N) is 1. The lowest BCUT2D eigenvalue weighted by atomic mass is 9.82. The van der Waals surface area contributed by atoms with Crippen LogP contribution in [0.3, 0.4) is 0 Å². The van der Waals surface area contributed by atoms with Crippen LogP contribution in [0.5, 0.6) is 0 Å². The average molecular weight is 315 g/mol. The van der Waals surface area contributed by atoms with E-state index in [1.54, 1.807) is 12.1 Å². The maximum absolute atomic E-state index is 10.8. The molecule has 18 heavy (non-hydrogen) atoms. The van der Waals surface area contributed by atoms with Gasteiger partial charge in [-0.15, -0.1) is 0 Å². The minimum atomic E-state index is -0.393. The topological polar surface area (TPSA) is 75.4 Å². The molecule has 1 fully saturated rings. The number of aliphatic hydroxyl groups is 1. The predicted molar refractivity (Wildman–Crippen MR) is 71.2 cm³/mol. The molecule has 1 aromatic carbocycles. The van der Waals surface area contributed by atoms with Gasteiger partial charge in [0.1, 0.15) is 0 Å². The van der Waals surface area contributed by atoms with Gasteiger partial charge in [0.25, 0.3) is 5.69 Å². The molecule has 6 heteroatoms. The summed E-state index contributed by atoms with van der Waals surface area (Å²) >= 11 is 3.16. The lowest BCUT2D eigenvalue weighted by Gasteiger charge is -2.31. The van der Waals surface area contributed by atoms with E-state index < -0.39 is 4.92 Å². The first-order valence-corrected chi connectivity index (χ1v) is 6.67. The first kappa shape index (κ1) is 13.5. The van der Waals surface area contributed by atoms with E-state index in [1.807, 2.05) is 6.07 Å². The summed E-state index contributed by atoms with van der Waals surface area (Å²) in [5.74, 6) is 0.533. The lowest BCUT2D eigenvalue weighted by molar-refractivity contribution is -0.385. The SMILES string of the molecule is O=[N+]([O-])c1cc(CNCC2CC(O)C2)ccc1Br. The van der Waals surface area contributed by atoms with E-state index in [1.165, 1.54) is 0 Å². The Morgan fingerprint density at radius 1 is 1.50 bits per heavy atom. The van der Waals surface area contributed by atoms with E-state index in [4.69, 9.17) is 5.11 Å². The molecule has 1 saturated carbocycles. The second-order valence-electron chi connectivity index (χ2n) is 4.67. The summed E-state index contributed by atoms with van der Waals surface area (Å²) in [6.07, 6.45) is 1.58. The summed E-state index contributed by atoms with van der Waals surface area (Å²) in [5, 5.41) is 23.2. The van der Waals surface area contributed by atoms with Gasteiger partial charge in [-0.2, -0.15) is 0 Å². The maximum Gasteiger partial charge on any atom is 0.283 e. The standard InChI is InChI=1S/C12H15BrN2O3/c13-11-2-1-8(5-12(11)15(17)18)6-14-7-9-3-10(16)4-9/h1-2,5,9-10,14,16H,3-4,6-7H2. The minimum absolute atomic E-state index is 0.0911. The van der Waals surface area contributed by atoms with Crippen LogP contribution in [0, 0.1) is 16.0 Å². The summed E-state index contributed by atoms with van der Waals surface area (Å²) in [7, 11) is 0. The summed E-state index contributed by atoms with van der Waals surface area (Å²) < 4.78 is 0.498. The molecule has 1 aliphatic carbocycles.